The third-order valence-corrected chi connectivity index (χ3v) is 5.76. The predicted molar refractivity (Wildman–Crippen MR) is 131 cm³/mol. The van der Waals surface area contributed by atoms with Crippen LogP contribution in [0.3, 0.4) is 0 Å². The van der Waals surface area contributed by atoms with Gasteiger partial charge in [-0.25, -0.2) is 9.97 Å². The second-order valence-corrected chi connectivity index (χ2v) is 8.36. The van der Waals surface area contributed by atoms with E-state index in [1.807, 2.05) is 25.1 Å². The normalized spacial score (nSPS) is 10.9. The first-order valence-electron chi connectivity index (χ1n) is 10.8. The van der Waals surface area contributed by atoms with Gasteiger partial charge in [-0.3, -0.25) is 4.79 Å². The minimum Gasteiger partial charge on any atom is -0.368 e. The van der Waals surface area contributed by atoms with E-state index < -0.39 is 0 Å². The average molecular weight is 436 g/mol. The fourth-order valence-electron chi connectivity index (χ4n) is 3.79. The number of rotatable bonds is 5. The minimum absolute atomic E-state index is 0.110. The molecule has 0 amide bonds. The van der Waals surface area contributed by atoms with Crippen molar-refractivity contribution < 1.29 is 0 Å². The van der Waals surface area contributed by atoms with Crippen LogP contribution >= 0.6 is 0 Å². The summed E-state index contributed by atoms with van der Waals surface area (Å²) in [4.78, 5) is 21.5. The van der Waals surface area contributed by atoms with Gasteiger partial charge >= 0.3 is 0 Å². The molecule has 0 radical (unpaired) electrons. The number of anilines is 1. The van der Waals surface area contributed by atoms with Crippen LogP contribution in [0, 0.1) is 18.3 Å². The van der Waals surface area contributed by atoms with Gasteiger partial charge < -0.3 is 10.3 Å². The van der Waals surface area contributed by atoms with E-state index in [-0.39, 0.29) is 11.5 Å². The molecule has 0 fully saturated rings. The number of nitrogen functional groups attached to an aromatic ring is 1. The van der Waals surface area contributed by atoms with E-state index in [4.69, 9.17) is 5.73 Å². The molecule has 0 atom stereocenters. The fraction of sp³-hybridized carbons (Fsp3) is 0.185. The van der Waals surface area contributed by atoms with Gasteiger partial charge in [0, 0.05) is 23.4 Å². The van der Waals surface area contributed by atoms with Crippen LogP contribution < -0.4 is 11.3 Å². The Morgan fingerprint density at radius 2 is 1.76 bits per heavy atom. The van der Waals surface area contributed by atoms with Crippen LogP contribution in [0.4, 0.5) is 5.95 Å². The highest BCUT2D eigenvalue weighted by Crippen LogP contribution is 2.27. The molecule has 0 saturated carbocycles. The number of nitrogens with zero attached hydrogens (tertiary/aromatic N) is 4. The molecule has 0 aliphatic rings. The lowest BCUT2D eigenvalue weighted by molar-refractivity contribution is 0.758. The van der Waals surface area contributed by atoms with Gasteiger partial charge in [0.1, 0.15) is 0 Å². The zero-order valence-electron chi connectivity index (χ0n) is 18.9. The van der Waals surface area contributed by atoms with Crippen LogP contribution in [0.5, 0.6) is 0 Å². The van der Waals surface area contributed by atoms with Crippen molar-refractivity contribution in [1.82, 2.24) is 14.5 Å². The van der Waals surface area contributed by atoms with Crippen molar-refractivity contribution in [2.75, 3.05) is 5.73 Å². The molecule has 2 N–H and O–H groups in total. The third-order valence-electron chi connectivity index (χ3n) is 5.76. The summed E-state index contributed by atoms with van der Waals surface area (Å²) in [5, 5.41) is 9.33. The quantitative estimate of drug-likeness (QED) is 0.480. The first kappa shape index (κ1) is 22.0. The molecule has 4 aromatic rings. The molecule has 0 spiro atoms. The highest BCUT2D eigenvalue weighted by molar-refractivity contribution is 5.72. The number of hydrogen-bond acceptors (Lipinski definition) is 5. The first-order valence-corrected chi connectivity index (χ1v) is 10.8. The van der Waals surface area contributed by atoms with Gasteiger partial charge in [0.25, 0.3) is 5.56 Å². The van der Waals surface area contributed by atoms with E-state index in [1.165, 1.54) is 5.56 Å². The fourth-order valence-corrected chi connectivity index (χ4v) is 3.79. The minimum atomic E-state index is -0.123. The third kappa shape index (κ3) is 4.68. The number of benzene rings is 2. The lowest BCUT2D eigenvalue weighted by Crippen LogP contribution is -2.19. The van der Waals surface area contributed by atoms with Gasteiger partial charge in [0.05, 0.1) is 29.6 Å². The van der Waals surface area contributed by atoms with Crippen molar-refractivity contribution in [3.63, 3.8) is 0 Å². The van der Waals surface area contributed by atoms with Crippen LogP contribution in [0.25, 0.3) is 22.5 Å². The Bertz CT molecular complexity index is 1410. The molecule has 2 heterocycles. The molecule has 0 bridgehead atoms. The molecule has 33 heavy (non-hydrogen) atoms. The Hall–Kier alpha value is -4.24. The number of nitriles is 1. The summed E-state index contributed by atoms with van der Waals surface area (Å²) in [7, 11) is 0. The number of hydrogen-bond donors (Lipinski definition) is 1. The lowest BCUT2D eigenvalue weighted by atomic mass is 9.99. The van der Waals surface area contributed by atoms with Crippen LogP contribution in [0.1, 0.15) is 42.0 Å². The van der Waals surface area contributed by atoms with E-state index in [2.05, 4.69) is 54.2 Å². The van der Waals surface area contributed by atoms with Gasteiger partial charge in [0.15, 0.2) is 0 Å². The molecule has 0 aliphatic carbocycles. The largest absolute Gasteiger partial charge is 0.368 e. The van der Waals surface area contributed by atoms with E-state index in [1.54, 1.807) is 29.0 Å². The van der Waals surface area contributed by atoms with Crippen molar-refractivity contribution >= 4 is 5.95 Å². The van der Waals surface area contributed by atoms with Crippen molar-refractivity contribution in [3.05, 3.63) is 99.5 Å². The van der Waals surface area contributed by atoms with Gasteiger partial charge in [-0.15, -0.1) is 0 Å². The predicted octanol–water partition coefficient (Wildman–Crippen LogP) is 4.91. The summed E-state index contributed by atoms with van der Waals surface area (Å²) >= 11 is 0. The molecule has 6 heteroatoms. The van der Waals surface area contributed by atoms with E-state index in [0.717, 1.165) is 16.7 Å². The Balaban J connectivity index is 1.66. The van der Waals surface area contributed by atoms with Crippen molar-refractivity contribution in [3.8, 4) is 28.6 Å². The average Bonchev–Trinajstić information content (AvgIpc) is 2.80. The summed E-state index contributed by atoms with van der Waals surface area (Å²) in [5.41, 5.74) is 12.2. The maximum atomic E-state index is 12.8. The maximum Gasteiger partial charge on any atom is 0.251 e. The Kier molecular flexibility index (Phi) is 6.05. The molecule has 0 aliphatic heterocycles. The Morgan fingerprint density at radius 1 is 1.03 bits per heavy atom. The summed E-state index contributed by atoms with van der Waals surface area (Å²) in [6.45, 7) is 6.69. The van der Waals surface area contributed by atoms with Gasteiger partial charge in [0.2, 0.25) is 5.95 Å². The Morgan fingerprint density at radius 3 is 2.42 bits per heavy atom. The van der Waals surface area contributed by atoms with E-state index in [0.29, 0.717) is 35.0 Å². The van der Waals surface area contributed by atoms with Gasteiger partial charge in [-0.05, 0) is 47.7 Å². The summed E-state index contributed by atoms with van der Waals surface area (Å²) < 4.78 is 1.67. The second kappa shape index (κ2) is 9.09. The molecule has 2 aromatic heterocycles. The standard InChI is InChI=1S/C27H25N5O/c1-17(2)20-9-7-19(8-10-20)16-32-12-11-21(13-26(32)33)24-14-25(31-27(29)30-24)23-6-4-5-22(15-28)18(23)3/h4-14,17H,16H2,1-3H3,(H2,29,30,31). The second-order valence-electron chi connectivity index (χ2n) is 8.36. The van der Waals surface area contributed by atoms with Crippen molar-refractivity contribution in [2.45, 2.75) is 33.2 Å². The number of aromatic nitrogens is 3. The zero-order valence-corrected chi connectivity index (χ0v) is 18.9. The smallest absolute Gasteiger partial charge is 0.251 e. The van der Waals surface area contributed by atoms with E-state index in [9.17, 15) is 10.1 Å². The van der Waals surface area contributed by atoms with Gasteiger partial charge in [-0.1, -0.05) is 50.2 Å². The lowest BCUT2D eigenvalue weighted by Gasteiger charge is -2.11. The molecule has 2 aromatic carbocycles. The van der Waals surface area contributed by atoms with Crippen molar-refractivity contribution in [2.24, 2.45) is 0 Å². The molecule has 0 saturated heterocycles. The number of nitrogens with two attached hydrogens (primary N) is 1. The molecular weight excluding hydrogens is 410 g/mol. The summed E-state index contributed by atoms with van der Waals surface area (Å²) in [6, 6.07) is 21.2. The molecule has 4 rings (SSSR count). The highest BCUT2D eigenvalue weighted by Gasteiger charge is 2.12. The van der Waals surface area contributed by atoms with Crippen LogP contribution in [-0.4, -0.2) is 14.5 Å². The molecule has 0 unspecified atom stereocenters. The molecule has 6 nitrogen and oxygen atoms in total. The summed E-state index contributed by atoms with van der Waals surface area (Å²) in [5.74, 6) is 0.580. The van der Waals surface area contributed by atoms with E-state index >= 15 is 0 Å². The zero-order chi connectivity index (χ0) is 23.5. The van der Waals surface area contributed by atoms with Crippen LogP contribution in [0.15, 0.2) is 71.7 Å². The first-order chi connectivity index (χ1) is 15.9. The van der Waals surface area contributed by atoms with Gasteiger partial charge in [-0.2, -0.15) is 5.26 Å². The topological polar surface area (TPSA) is 97.6 Å². The monoisotopic (exact) mass is 435 g/mol. The SMILES string of the molecule is Cc1c(C#N)cccc1-c1cc(-c2ccn(Cc3ccc(C(C)C)cc3)c(=O)c2)nc(N)n1. The molecule has 164 valence electrons. The molecular formula is C27H25N5O. The highest BCUT2D eigenvalue weighted by atomic mass is 16.1. The Labute approximate surface area is 193 Å². The number of pyridine rings is 1. The van der Waals surface area contributed by atoms with Crippen LogP contribution in [-0.2, 0) is 6.54 Å². The summed E-state index contributed by atoms with van der Waals surface area (Å²) in [6.07, 6.45) is 1.77. The van der Waals surface area contributed by atoms with Crippen molar-refractivity contribution in [1.29, 1.82) is 5.26 Å². The maximum absolute atomic E-state index is 12.8. The van der Waals surface area contributed by atoms with Crippen LogP contribution in [0.2, 0.25) is 0 Å².